The van der Waals surface area contributed by atoms with Crippen molar-refractivity contribution in [3.8, 4) is 17.2 Å². The van der Waals surface area contributed by atoms with Gasteiger partial charge in [-0.1, -0.05) is 0 Å². The molecule has 0 aliphatic carbocycles. The number of rotatable bonds is 6. The third-order valence-corrected chi connectivity index (χ3v) is 6.98. The van der Waals surface area contributed by atoms with Gasteiger partial charge in [0.25, 0.3) is 10.0 Å². The van der Waals surface area contributed by atoms with Gasteiger partial charge in [-0.25, -0.2) is 21.8 Å². The molecule has 1 aliphatic rings. The molecule has 0 aromatic heterocycles. The van der Waals surface area contributed by atoms with E-state index >= 15 is 0 Å². The molecule has 1 N–H and O–H groups in total. The zero-order valence-corrected chi connectivity index (χ0v) is 16.1. The second-order valence-corrected chi connectivity index (χ2v) is 9.50. The summed E-state index contributed by atoms with van der Waals surface area (Å²) in [5, 5.41) is 1.40. The number of sulfone groups is 1. The molecular weight excluding hydrogens is 372 g/mol. The van der Waals surface area contributed by atoms with E-state index in [2.05, 4.69) is 4.83 Å². The SMILES string of the molecule is COc1cc(S(=O)(=O)NN2CCS(=O)(=O)CC2C)cc(OC)c1OC. The molecule has 2 rings (SSSR count). The van der Waals surface area contributed by atoms with Crippen LogP contribution in [0, 0.1) is 0 Å². The van der Waals surface area contributed by atoms with Crippen molar-refractivity contribution < 1.29 is 31.0 Å². The van der Waals surface area contributed by atoms with Crippen molar-refractivity contribution in [3.05, 3.63) is 12.1 Å². The lowest BCUT2D eigenvalue weighted by molar-refractivity contribution is 0.195. The standard InChI is InChI=1S/C14H22N2O7S2/c1-10-9-24(17,18)6-5-16(10)15-25(19,20)11-7-12(21-2)14(23-4)13(8-11)22-3/h7-8,10,15H,5-6,9H2,1-4H3. The predicted octanol–water partition coefficient (Wildman–Crippen LogP) is 0.0246. The minimum atomic E-state index is -3.95. The van der Waals surface area contributed by atoms with Gasteiger partial charge >= 0.3 is 0 Å². The Kier molecular flexibility index (Phi) is 5.82. The lowest BCUT2D eigenvalue weighted by Gasteiger charge is -2.32. The van der Waals surface area contributed by atoms with E-state index in [4.69, 9.17) is 14.2 Å². The summed E-state index contributed by atoms with van der Waals surface area (Å²) in [6, 6.07) is 2.15. The smallest absolute Gasteiger partial charge is 0.253 e. The number of sulfonamides is 1. The van der Waals surface area contributed by atoms with Crippen LogP contribution in [-0.4, -0.2) is 67.3 Å². The molecule has 1 unspecified atom stereocenters. The minimum absolute atomic E-state index is 0.0765. The zero-order chi connectivity index (χ0) is 18.8. The summed E-state index contributed by atoms with van der Waals surface area (Å²) in [6.07, 6.45) is 0. The Morgan fingerprint density at radius 2 is 1.68 bits per heavy atom. The Balaban J connectivity index is 2.34. The molecule has 1 aromatic rings. The number of methoxy groups -OCH3 is 3. The highest BCUT2D eigenvalue weighted by Crippen LogP contribution is 2.39. The maximum atomic E-state index is 12.7. The third-order valence-electron chi connectivity index (χ3n) is 3.86. The molecule has 1 aromatic carbocycles. The second-order valence-electron chi connectivity index (χ2n) is 5.61. The number of ether oxygens (including phenoxy) is 3. The van der Waals surface area contributed by atoms with Crippen LogP contribution in [0.1, 0.15) is 6.92 Å². The quantitative estimate of drug-likeness (QED) is 0.719. The summed E-state index contributed by atoms with van der Waals surface area (Å²) in [5.41, 5.74) is 0. The summed E-state index contributed by atoms with van der Waals surface area (Å²) >= 11 is 0. The van der Waals surface area contributed by atoms with Crippen molar-refractivity contribution in [3.63, 3.8) is 0 Å². The first-order chi connectivity index (χ1) is 11.6. The third kappa shape index (κ3) is 4.35. The van der Waals surface area contributed by atoms with Gasteiger partial charge in [0.1, 0.15) is 0 Å². The Labute approximate surface area is 147 Å². The Morgan fingerprint density at radius 1 is 1.12 bits per heavy atom. The Bertz CT molecular complexity index is 812. The molecule has 0 spiro atoms. The average Bonchev–Trinajstić information content (AvgIpc) is 2.55. The van der Waals surface area contributed by atoms with E-state index in [1.54, 1.807) is 6.92 Å². The normalized spacial score (nSPS) is 20.9. The molecule has 0 amide bonds. The molecule has 1 fully saturated rings. The molecule has 1 saturated heterocycles. The average molecular weight is 394 g/mol. The predicted molar refractivity (Wildman–Crippen MR) is 91.2 cm³/mol. The molecule has 142 valence electrons. The van der Waals surface area contributed by atoms with Crippen LogP contribution < -0.4 is 19.0 Å². The second kappa shape index (κ2) is 7.36. The van der Waals surface area contributed by atoms with Gasteiger partial charge in [0.2, 0.25) is 5.75 Å². The largest absolute Gasteiger partial charge is 0.493 e. The van der Waals surface area contributed by atoms with Crippen LogP contribution in [0.3, 0.4) is 0 Å². The summed E-state index contributed by atoms with van der Waals surface area (Å²) in [4.78, 5) is 2.35. The van der Waals surface area contributed by atoms with Gasteiger partial charge < -0.3 is 14.2 Å². The van der Waals surface area contributed by atoms with Crippen LogP contribution in [-0.2, 0) is 19.9 Å². The summed E-state index contributed by atoms with van der Waals surface area (Å²) in [5.74, 6) is 0.481. The lowest BCUT2D eigenvalue weighted by atomic mass is 10.3. The highest BCUT2D eigenvalue weighted by molar-refractivity contribution is 7.91. The maximum Gasteiger partial charge on any atom is 0.253 e. The minimum Gasteiger partial charge on any atom is -0.493 e. The number of nitrogens with one attached hydrogen (secondary N) is 1. The van der Waals surface area contributed by atoms with E-state index in [0.717, 1.165) is 0 Å². The van der Waals surface area contributed by atoms with Crippen molar-refractivity contribution in [2.24, 2.45) is 0 Å². The van der Waals surface area contributed by atoms with Crippen LogP contribution in [0.2, 0.25) is 0 Å². The van der Waals surface area contributed by atoms with Gasteiger partial charge in [-0.15, -0.1) is 4.83 Å². The summed E-state index contributed by atoms with van der Waals surface area (Å²) in [7, 11) is -2.91. The van der Waals surface area contributed by atoms with Crippen LogP contribution in [0.5, 0.6) is 17.2 Å². The highest BCUT2D eigenvalue weighted by atomic mass is 32.2. The molecule has 25 heavy (non-hydrogen) atoms. The Morgan fingerprint density at radius 3 is 2.12 bits per heavy atom. The topological polar surface area (TPSA) is 111 Å². The molecule has 11 heteroatoms. The molecule has 1 aliphatic heterocycles. The molecule has 9 nitrogen and oxygen atoms in total. The molecular formula is C14H22N2O7S2. The first kappa shape index (κ1) is 19.8. The molecule has 0 radical (unpaired) electrons. The fourth-order valence-electron chi connectivity index (χ4n) is 2.55. The Hall–Kier alpha value is -1.56. The van der Waals surface area contributed by atoms with Crippen molar-refractivity contribution in [2.75, 3.05) is 39.4 Å². The van der Waals surface area contributed by atoms with Gasteiger partial charge in [-0.05, 0) is 6.92 Å². The van der Waals surface area contributed by atoms with E-state index in [1.807, 2.05) is 0 Å². The molecule has 0 bridgehead atoms. The monoisotopic (exact) mass is 394 g/mol. The van der Waals surface area contributed by atoms with Crippen LogP contribution in [0.4, 0.5) is 0 Å². The summed E-state index contributed by atoms with van der Waals surface area (Å²) in [6.45, 7) is 1.72. The van der Waals surface area contributed by atoms with E-state index in [-0.39, 0.29) is 40.2 Å². The van der Waals surface area contributed by atoms with Crippen molar-refractivity contribution in [1.29, 1.82) is 0 Å². The van der Waals surface area contributed by atoms with Crippen molar-refractivity contribution in [1.82, 2.24) is 9.84 Å². The fraction of sp³-hybridized carbons (Fsp3) is 0.571. The van der Waals surface area contributed by atoms with Gasteiger partial charge in [-0.3, -0.25) is 0 Å². The highest BCUT2D eigenvalue weighted by Gasteiger charge is 2.32. The van der Waals surface area contributed by atoms with Crippen molar-refractivity contribution in [2.45, 2.75) is 17.9 Å². The van der Waals surface area contributed by atoms with Crippen molar-refractivity contribution >= 4 is 19.9 Å². The van der Waals surface area contributed by atoms with Crippen LogP contribution in [0.25, 0.3) is 0 Å². The lowest BCUT2D eigenvalue weighted by Crippen LogP contribution is -2.55. The number of benzene rings is 1. The van der Waals surface area contributed by atoms with Gasteiger partial charge in [0.05, 0.1) is 37.7 Å². The van der Waals surface area contributed by atoms with E-state index in [9.17, 15) is 16.8 Å². The van der Waals surface area contributed by atoms with Gasteiger partial charge in [0.15, 0.2) is 21.3 Å². The number of hydrazine groups is 1. The first-order valence-corrected chi connectivity index (χ1v) is 10.7. The number of nitrogens with zero attached hydrogens (tertiary/aromatic N) is 1. The molecule has 1 atom stereocenters. The number of hydrogen-bond acceptors (Lipinski definition) is 8. The zero-order valence-electron chi connectivity index (χ0n) is 14.5. The van der Waals surface area contributed by atoms with E-state index in [1.165, 1.54) is 38.5 Å². The maximum absolute atomic E-state index is 12.7. The molecule has 1 heterocycles. The van der Waals surface area contributed by atoms with Crippen LogP contribution in [0.15, 0.2) is 17.0 Å². The van der Waals surface area contributed by atoms with Crippen LogP contribution >= 0.6 is 0 Å². The molecule has 0 saturated carbocycles. The van der Waals surface area contributed by atoms with Gasteiger partial charge in [-0.2, -0.15) is 0 Å². The van der Waals surface area contributed by atoms with Gasteiger partial charge in [0, 0.05) is 24.7 Å². The summed E-state index contributed by atoms with van der Waals surface area (Å²) < 4.78 is 64.1. The number of hydrogen-bond donors (Lipinski definition) is 1. The fourth-order valence-corrected chi connectivity index (χ4v) is 5.32. The van der Waals surface area contributed by atoms with E-state index < -0.39 is 25.9 Å². The first-order valence-electron chi connectivity index (χ1n) is 7.43. The van der Waals surface area contributed by atoms with E-state index in [0.29, 0.717) is 0 Å².